The Labute approximate surface area is 75.1 Å². The second-order valence-electron chi connectivity index (χ2n) is 1.83. The first-order valence-electron chi connectivity index (χ1n) is 3.19. The van der Waals surface area contributed by atoms with E-state index in [9.17, 15) is 4.79 Å². The summed E-state index contributed by atoms with van der Waals surface area (Å²) in [4.78, 5) is 14.6. The van der Waals surface area contributed by atoms with Gasteiger partial charge in [-0.25, -0.2) is 0 Å². The molecule has 0 saturated carbocycles. The molecule has 1 heterocycles. The Bertz CT molecular complexity index is 296. The molecule has 0 amide bonds. The first-order valence-corrected chi connectivity index (χ1v) is 5.68. The first-order chi connectivity index (χ1) is 5.24. The second-order valence-corrected chi connectivity index (χ2v) is 5.08. The standard InChI is InChI=1S/C6H9IN3O/c1-2-7-10-4-3-5(8)9-6(10)11/h3-4H,2H2,1H3,(H2,8,9,11)/q-1. The predicted octanol–water partition coefficient (Wildman–Crippen LogP) is -3.30. The summed E-state index contributed by atoms with van der Waals surface area (Å²) in [6, 6.07) is 1.65. The summed E-state index contributed by atoms with van der Waals surface area (Å²) >= 11 is -0.218. The van der Waals surface area contributed by atoms with Gasteiger partial charge < -0.3 is 0 Å². The molecule has 0 unspecified atom stereocenters. The molecule has 1 aromatic heterocycles. The molecule has 0 aliphatic carbocycles. The van der Waals surface area contributed by atoms with Crippen molar-refractivity contribution in [1.82, 2.24) is 7.76 Å². The van der Waals surface area contributed by atoms with Crippen LogP contribution in [0.1, 0.15) is 6.92 Å². The number of aromatic nitrogens is 2. The van der Waals surface area contributed by atoms with Crippen LogP contribution in [0.25, 0.3) is 0 Å². The van der Waals surface area contributed by atoms with Gasteiger partial charge in [0, 0.05) is 0 Å². The summed E-state index contributed by atoms with van der Waals surface area (Å²) in [6.07, 6.45) is 1.71. The van der Waals surface area contributed by atoms with Crippen LogP contribution in [0.4, 0.5) is 5.82 Å². The molecule has 5 heteroatoms. The van der Waals surface area contributed by atoms with Crippen LogP contribution in [-0.2, 0) is 0 Å². The molecule has 0 saturated heterocycles. The van der Waals surface area contributed by atoms with Crippen molar-refractivity contribution < 1.29 is 21.5 Å². The zero-order valence-corrected chi connectivity index (χ0v) is 8.28. The molecular weight excluding hydrogens is 257 g/mol. The topological polar surface area (TPSA) is 60.9 Å². The van der Waals surface area contributed by atoms with Crippen LogP contribution < -0.4 is 32.9 Å². The van der Waals surface area contributed by atoms with Gasteiger partial charge in [-0.1, -0.05) is 0 Å². The quantitative estimate of drug-likeness (QED) is 0.450. The van der Waals surface area contributed by atoms with Gasteiger partial charge in [-0.15, -0.1) is 0 Å². The molecular formula is C6H9IN3O-. The van der Waals surface area contributed by atoms with Crippen LogP contribution >= 0.6 is 0 Å². The van der Waals surface area contributed by atoms with Gasteiger partial charge in [0.15, 0.2) is 0 Å². The number of halogens is 1. The number of nitrogen functional groups attached to an aromatic ring is 1. The van der Waals surface area contributed by atoms with E-state index >= 15 is 0 Å². The third kappa shape index (κ3) is 2.18. The summed E-state index contributed by atoms with van der Waals surface area (Å²) in [7, 11) is 0. The number of hydrogen-bond donors (Lipinski definition) is 1. The predicted molar refractivity (Wildman–Crippen MR) is 38.8 cm³/mol. The van der Waals surface area contributed by atoms with Crippen molar-refractivity contribution in [3.05, 3.63) is 22.7 Å². The van der Waals surface area contributed by atoms with E-state index in [1.807, 2.05) is 0 Å². The molecule has 0 aliphatic heterocycles. The van der Waals surface area contributed by atoms with E-state index in [-0.39, 0.29) is 27.2 Å². The van der Waals surface area contributed by atoms with Gasteiger partial charge in [0.25, 0.3) is 0 Å². The number of anilines is 1. The van der Waals surface area contributed by atoms with E-state index < -0.39 is 0 Å². The maximum atomic E-state index is 11.0. The van der Waals surface area contributed by atoms with E-state index in [2.05, 4.69) is 11.9 Å². The molecule has 1 rings (SSSR count). The molecule has 0 bridgehead atoms. The fourth-order valence-corrected chi connectivity index (χ4v) is 2.14. The molecule has 0 aromatic carbocycles. The van der Waals surface area contributed by atoms with E-state index in [0.717, 1.165) is 4.43 Å². The average molecular weight is 266 g/mol. The number of nitrogens with two attached hydrogens (primary N) is 1. The van der Waals surface area contributed by atoms with Crippen LogP contribution in [0.3, 0.4) is 0 Å². The number of alkyl halides is 1. The van der Waals surface area contributed by atoms with Crippen molar-refractivity contribution in [3.63, 3.8) is 0 Å². The van der Waals surface area contributed by atoms with Crippen molar-refractivity contribution in [3.8, 4) is 0 Å². The molecule has 0 atom stereocenters. The molecule has 1 aromatic rings. The minimum atomic E-state index is -0.223. The van der Waals surface area contributed by atoms with E-state index in [1.165, 1.54) is 0 Å². The SMILES string of the molecule is CC[I-]n1ccc(N)nc1=O. The third-order valence-electron chi connectivity index (χ3n) is 1.03. The molecule has 62 valence electrons. The van der Waals surface area contributed by atoms with E-state index in [0.29, 0.717) is 5.82 Å². The monoisotopic (exact) mass is 266 g/mol. The van der Waals surface area contributed by atoms with Gasteiger partial charge >= 0.3 is 74.9 Å². The van der Waals surface area contributed by atoms with Crippen LogP contribution in [0.5, 0.6) is 0 Å². The minimum absolute atomic E-state index is 0.218. The molecule has 11 heavy (non-hydrogen) atoms. The summed E-state index contributed by atoms with van der Waals surface area (Å²) in [5, 5.41) is 0. The Morgan fingerprint density at radius 1 is 1.82 bits per heavy atom. The van der Waals surface area contributed by atoms with Crippen LogP contribution in [-0.4, -0.2) is 12.2 Å². The summed E-state index contributed by atoms with van der Waals surface area (Å²) in [5.74, 6) is 0.298. The molecule has 0 aliphatic rings. The van der Waals surface area contributed by atoms with Crippen LogP contribution in [0.15, 0.2) is 17.1 Å². The van der Waals surface area contributed by atoms with Gasteiger partial charge in [0.05, 0.1) is 0 Å². The van der Waals surface area contributed by atoms with Crippen molar-refractivity contribution >= 4 is 5.82 Å². The Kier molecular flexibility index (Phi) is 2.86. The van der Waals surface area contributed by atoms with Gasteiger partial charge in [-0.2, -0.15) is 0 Å². The Morgan fingerprint density at radius 3 is 3.09 bits per heavy atom. The second kappa shape index (κ2) is 3.70. The van der Waals surface area contributed by atoms with Crippen LogP contribution in [0, 0.1) is 0 Å². The fraction of sp³-hybridized carbons (Fsp3) is 0.333. The van der Waals surface area contributed by atoms with E-state index in [1.54, 1.807) is 15.0 Å². The zero-order valence-electron chi connectivity index (χ0n) is 6.12. The Balaban J connectivity index is 3.00. The van der Waals surface area contributed by atoms with Gasteiger partial charge in [-0.05, 0) is 0 Å². The van der Waals surface area contributed by atoms with Gasteiger partial charge in [0.1, 0.15) is 0 Å². The molecule has 0 spiro atoms. The van der Waals surface area contributed by atoms with Crippen LogP contribution in [0.2, 0.25) is 0 Å². The fourth-order valence-electron chi connectivity index (χ4n) is 0.621. The molecule has 2 N–H and O–H groups in total. The molecule has 4 nitrogen and oxygen atoms in total. The number of hydrogen-bond acceptors (Lipinski definition) is 3. The number of nitrogens with zero attached hydrogens (tertiary/aromatic N) is 2. The van der Waals surface area contributed by atoms with Crippen molar-refractivity contribution in [2.24, 2.45) is 0 Å². The van der Waals surface area contributed by atoms with Gasteiger partial charge in [0.2, 0.25) is 0 Å². The molecule has 0 radical (unpaired) electrons. The van der Waals surface area contributed by atoms with Gasteiger partial charge in [-0.3, -0.25) is 0 Å². The maximum absolute atomic E-state index is 11.0. The van der Waals surface area contributed by atoms with Crippen molar-refractivity contribution in [1.29, 1.82) is 0 Å². The third-order valence-corrected chi connectivity index (χ3v) is 3.18. The zero-order chi connectivity index (χ0) is 8.27. The summed E-state index contributed by atoms with van der Waals surface area (Å²) in [5.41, 5.74) is 5.09. The van der Waals surface area contributed by atoms with Crippen molar-refractivity contribution in [2.75, 3.05) is 10.2 Å². The normalized spacial score (nSPS) is 10.3. The van der Waals surface area contributed by atoms with E-state index in [4.69, 9.17) is 5.73 Å². The summed E-state index contributed by atoms with van der Waals surface area (Å²) in [6.45, 7) is 2.05. The van der Waals surface area contributed by atoms with Crippen molar-refractivity contribution in [2.45, 2.75) is 6.92 Å². The Morgan fingerprint density at radius 2 is 2.55 bits per heavy atom. The number of rotatable bonds is 2. The first kappa shape index (κ1) is 8.51. The summed E-state index contributed by atoms with van der Waals surface area (Å²) < 4.78 is 2.68. The Hall–Kier alpha value is -0.590. The average Bonchev–Trinajstić information content (AvgIpc) is 1.95. The molecule has 0 fully saturated rings.